The van der Waals surface area contributed by atoms with Gasteiger partial charge in [0.15, 0.2) is 6.10 Å². The Balaban J connectivity index is 2.08. The van der Waals surface area contributed by atoms with Gasteiger partial charge in [0.05, 0.1) is 17.7 Å². The Kier molecular flexibility index (Phi) is 7.21. The SMILES string of the molecule is O=C1c2cccc(OCC(CO[N+](=O)[O-])O[N+](=O)[O-])c2C(=O)N1CCCO[N+](=O)[O-]. The number of carbonyl (C=O) groups is 2. The van der Waals surface area contributed by atoms with Gasteiger partial charge >= 0.3 is 0 Å². The van der Waals surface area contributed by atoms with Gasteiger partial charge < -0.3 is 19.2 Å². The highest BCUT2D eigenvalue weighted by atomic mass is 17.0. The lowest BCUT2D eigenvalue weighted by Crippen LogP contribution is -2.32. The molecule has 1 unspecified atom stereocenters. The predicted molar refractivity (Wildman–Crippen MR) is 89.7 cm³/mol. The molecule has 0 aliphatic carbocycles. The summed E-state index contributed by atoms with van der Waals surface area (Å²) in [4.78, 5) is 69.2. The van der Waals surface area contributed by atoms with E-state index in [1.165, 1.54) is 18.2 Å². The van der Waals surface area contributed by atoms with Gasteiger partial charge in [-0.15, -0.1) is 30.3 Å². The molecule has 1 aromatic carbocycles. The van der Waals surface area contributed by atoms with Crippen molar-refractivity contribution in [3.8, 4) is 5.75 Å². The van der Waals surface area contributed by atoms with Gasteiger partial charge in [0.2, 0.25) is 0 Å². The van der Waals surface area contributed by atoms with Gasteiger partial charge in [0, 0.05) is 6.54 Å². The van der Waals surface area contributed by atoms with Gasteiger partial charge in [0.1, 0.15) is 19.0 Å². The Hall–Kier alpha value is -4.24. The molecule has 162 valence electrons. The van der Waals surface area contributed by atoms with Crippen LogP contribution in [0.4, 0.5) is 0 Å². The Morgan fingerprint density at radius 2 is 1.63 bits per heavy atom. The van der Waals surface area contributed by atoms with Crippen molar-refractivity contribution in [3.63, 3.8) is 0 Å². The second kappa shape index (κ2) is 9.80. The monoisotopic (exact) mass is 430 g/mol. The molecular formula is C14H14N4O12. The molecular weight excluding hydrogens is 416 g/mol. The molecule has 16 nitrogen and oxygen atoms in total. The maximum absolute atomic E-state index is 12.6. The summed E-state index contributed by atoms with van der Waals surface area (Å²) in [6, 6.07) is 4.08. The molecule has 0 fully saturated rings. The van der Waals surface area contributed by atoms with E-state index in [1.54, 1.807) is 0 Å². The minimum Gasteiger partial charge on any atom is -0.490 e. The normalized spacial score (nSPS) is 13.4. The van der Waals surface area contributed by atoms with Crippen LogP contribution in [-0.2, 0) is 14.5 Å². The van der Waals surface area contributed by atoms with Crippen molar-refractivity contribution in [2.75, 3.05) is 26.4 Å². The van der Waals surface area contributed by atoms with E-state index in [2.05, 4.69) is 14.5 Å². The van der Waals surface area contributed by atoms with Crippen LogP contribution in [0.5, 0.6) is 5.75 Å². The summed E-state index contributed by atoms with van der Waals surface area (Å²) in [5, 5.41) is 27.6. The van der Waals surface area contributed by atoms with Crippen molar-refractivity contribution >= 4 is 11.8 Å². The van der Waals surface area contributed by atoms with E-state index in [9.17, 15) is 39.9 Å². The Labute approximate surface area is 166 Å². The van der Waals surface area contributed by atoms with Crippen LogP contribution < -0.4 is 4.74 Å². The lowest BCUT2D eigenvalue weighted by atomic mass is 10.1. The quantitative estimate of drug-likeness (QED) is 0.176. The zero-order valence-corrected chi connectivity index (χ0v) is 15.0. The number of imide groups is 1. The molecule has 0 radical (unpaired) electrons. The maximum atomic E-state index is 12.6. The van der Waals surface area contributed by atoms with Gasteiger partial charge in [-0.3, -0.25) is 14.5 Å². The van der Waals surface area contributed by atoms with E-state index in [0.29, 0.717) is 0 Å². The lowest BCUT2D eigenvalue weighted by Gasteiger charge is -2.16. The molecule has 1 aliphatic rings. The van der Waals surface area contributed by atoms with Crippen molar-refractivity contribution in [2.24, 2.45) is 0 Å². The molecule has 0 spiro atoms. The molecule has 0 N–H and O–H groups in total. The molecule has 1 aromatic rings. The second-order valence-corrected chi connectivity index (χ2v) is 5.63. The van der Waals surface area contributed by atoms with Crippen LogP contribution in [0, 0.1) is 30.3 Å². The molecule has 1 heterocycles. The summed E-state index contributed by atoms with van der Waals surface area (Å²) in [5.74, 6) is -1.50. The number of carbonyl (C=O) groups excluding carboxylic acids is 2. The number of nitrogens with zero attached hydrogens (tertiary/aromatic N) is 4. The van der Waals surface area contributed by atoms with Crippen LogP contribution in [-0.4, -0.2) is 64.4 Å². The minimum atomic E-state index is -1.48. The van der Waals surface area contributed by atoms with Crippen molar-refractivity contribution < 1.29 is 44.1 Å². The fraction of sp³-hybridized carbons (Fsp3) is 0.429. The number of fused-ring (bicyclic) bond motifs is 1. The molecule has 2 amide bonds. The van der Waals surface area contributed by atoms with Crippen LogP contribution >= 0.6 is 0 Å². The molecule has 0 saturated carbocycles. The standard InChI is InChI=1S/C14H14N4O12/c19-13-10-3-1-4-11(27-7-9(30-18(25)26)8-29-17(23)24)12(10)14(20)15(13)5-2-6-28-16(21)22/h1,3-4,9H,2,5-8H2. The van der Waals surface area contributed by atoms with Gasteiger partial charge in [-0.1, -0.05) is 6.07 Å². The summed E-state index contributed by atoms with van der Waals surface area (Å²) in [5.41, 5.74) is -0.117. The summed E-state index contributed by atoms with van der Waals surface area (Å²) in [6.07, 6.45) is -1.47. The van der Waals surface area contributed by atoms with Gasteiger partial charge in [-0.2, -0.15) is 0 Å². The van der Waals surface area contributed by atoms with E-state index >= 15 is 0 Å². The van der Waals surface area contributed by atoms with Gasteiger partial charge in [-0.25, -0.2) is 0 Å². The zero-order chi connectivity index (χ0) is 22.3. The molecule has 1 aliphatic heterocycles. The van der Waals surface area contributed by atoms with Crippen molar-refractivity contribution in [1.82, 2.24) is 4.90 Å². The van der Waals surface area contributed by atoms with Crippen molar-refractivity contribution in [1.29, 1.82) is 0 Å². The number of benzene rings is 1. The molecule has 0 saturated heterocycles. The number of hydrogen-bond acceptors (Lipinski definition) is 12. The first-order valence-corrected chi connectivity index (χ1v) is 8.18. The van der Waals surface area contributed by atoms with Crippen molar-refractivity contribution in [2.45, 2.75) is 12.5 Å². The van der Waals surface area contributed by atoms with Crippen LogP contribution in [0.1, 0.15) is 27.1 Å². The summed E-state index contributed by atoms with van der Waals surface area (Å²) < 4.78 is 5.32. The summed E-state index contributed by atoms with van der Waals surface area (Å²) in [6.45, 7) is -1.87. The first-order valence-electron chi connectivity index (χ1n) is 8.18. The molecule has 0 bridgehead atoms. The lowest BCUT2D eigenvalue weighted by molar-refractivity contribution is -0.790. The third-order valence-corrected chi connectivity index (χ3v) is 3.71. The number of amides is 2. The first kappa shape index (κ1) is 22.1. The number of hydrogen-bond donors (Lipinski definition) is 0. The largest absolute Gasteiger partial charge is 0.490 e. The average molecular weight is 430 g/mol. The summed E-state index contributed by atoms with van der Waals surface area (Å²) >= 11 is 0. The smallest absolute Gasteiger partial charge is 0.294 e. The number of rotatable bonds is 13. The van der Waals surface area contributed by atoms with E-state index in [4.69, 9.17) is 4.74 Å². The molecule has 0 aromatic heterocycles. The minimum absolute atomic E-state index is 0.000908. The second-order valence-electron chi connectivity index (χ2n) is 5.63. The fourth-order valence-electron chi connectivity index (χ4n) is 2.55. The maximum Gasteiger partial charge on any atom is 0.294 e. The molecule has 2 rings (SSSR count). The highest BCUT2D eigenvalue weighted by molar-refractivity contribution is 6.22. The Bertz CT molecular complexity index is 859. The predicted octanol–water partition coefficient (Wildman–Crippen LogP) is 0.0450. The van der Waals surface area contributed by atoms with Crippen LogP contribution in [0.3, 0.4) is 0 Å². The van der Waals surface area contributed by atoms with E-state index in [1.807, 2.05) is 0 Å². The van der Waals surface area contributed by atoms with E-state index in [-0.39, 0.29) is 36.4 Å². The van der Waals surface area contributed by atoms with Crippen LogP contribution in [0.2, 0.25) is 0 Å². The number of ether oxygens (including phenoxy) is 1. The Morgan fingerprint density at radius 3 is 2.27 bits per heavy atom. The van der Waals surface area contributed by atoms with Gasteiger partial charge in [0.25, 0.3) is 27.1 Å². The third kappa shape index (κ3) is 5.63. The summed E-state index contributed by atoms with van der Waals surface area (Å²) in [7, 11) is 0. The third-order valence-electron chi connectivity index (χ3n) is 3.71. The van der Waals surface area contributed by atoms with Crippen LogP contribution in [0.15, 0.2) is 18.2 Å². The molecule has 16 heteroatoms. The fourth-order valence-corrected chi connectivity index (χ4v) is 2.55. The molecule has 1 atom stereocenters. The van der Waals surface area contributed by atoms with E-state index in [0.717, 1.165) is 4.90 Å². The van der Waals surface area contributed by atoms with Gasteiger partial charge in [-0.05, 0) is 18.6 Å². The topological polar surface area (TPSA) is 204 Å². The highest BCUT2D eigenvalue weighted by Gasteiger charge is 2.38. The Morgan fingerprint density at radius 1 is 0.933 bits per heavy atom. The highest BCUT2D eigenvalue weighted by Crippen LogP contribution is 2.31. The molecule has 30 heavy (non-hydrogen) atoms. The van der Waals surface area contributed by atoms with Crippen LogP contribution in [0.25, 0.3) is 0 Å². The average Bonchev–Trinajstić information content (AvgIpc) is 2.91. The zero-order valence-electron chi connectivity index (χ0n) is 15.0. The van der Waals surface area contributed by atoms with Crippen molar-refractivity contribution in [3.05, 3.63) is 59.7 Å². The van der Waals surface area contributed by atoms with E-state index < -0.39 is 46.4 Å². The first-order chi connectivity index (χ1) is 14.2.